The molecule has 2 aliphatic heterocycles. The van der Waals surface area contributed by atoms with Gasteiger partial charge in [0.1, 0.15) is 11.9 Å². The van der Waals surface area contributed by atoms with Crippen LogP contribution in [0.1, 0.15) is 25.4 Å². The molecule has 1 unspecified atom stereocenters. The second kappa shape index (κ2) is 10.1. The number of ether oxygens (including phenoxy) is 1. The number of amides is 4. The van der Waals surface area contributed by atoms with Crippen LogP contribution in [0.25, 0.3) is 0 Å². The largest absolute Gasteiger partial charge is 0.376 e. The van der Waals surface area contributed by atoms with Crippen molar-refractivity contribution < 1.29 is 19.1 Å². The zero-order chi connectivity index (χ0) is 25.3. The van der Waals surface area contributed by atoms with Crippen molar-refractivity contribution in [3.8, 4) is 0 Å². The van der Waals surface area contributed by atoms with Gasteiger partial charge in [-0.2, -0.15) is 0 Å². The maximum atomic E-state index is 13.5. The Morgan fingerprint density at radius 3 is 2.40 bits per heavy atom. The molecule has 12 heteroatoms. The summed E-state index contributed by atoms with van der Waals surface area (Å²) in [5.74, 6) is 0.439. The van der Waals surface area contributed by atoms with Crippen molar-refractivity contribution in [2.75, 3.05) is 38.6 Å². The molecule has 0 radical (unpaired) electrons. The number of carbonyl (C=O) groups excluding carboxylic acids is 3. The number of methoxy groups -OCH3 is 1. The number of benzene rings is 1. The van der Waals surface area contributed by atoms with Gasteiger partial charge in [0, 0.05) is 42.5 Å². The fourth-order valence-corrected chi connectivity index (χ4v) is 4.60. The third-order valence-corrected chi connectivity index (χ3v) is 7.21. The first-order chi connectivity index (χ1) is 16.6. The second-order valence-electron chi connectivity index (χ2n) is 9.10. The van der Waals surface area contributed by atoms with Crippen LogP contribution in [0.15, 0.2) is 30.5 Å². The molecular weight excluding hydrogens is 565 g/mol. The lowest BCUT2D eigenvalue weighted by Crippen LogP contribution is -2.63. The lowest BCUT2D eigenvalue weighted by Gasteiger charge is -2.42. The number of hydrogen-bond acceptors (Lipinski definition) is 6. The van der Waals surface area contributed by atoms with Crippen molar-refractivity contribution in [2.45, 2.75) is 39.0 Å². The van der Waals surface area contributed by atoms with Crippen LogP contribution >= 0.6 is 22.6 Å². The number of nitrogens with zero attached hydrogens (tertiary/aromatic N) is 5. The van der Waals surface area contributed by atoms with Crippen molar-refractivity contribution in [1.82, 2.24) is 29.8 Å². The summed E-state index contributed by atoms with van der Waals surface area (Å²) < 4.78 is 8.24. The molecule has 11 nitrogen and oxygen atoms in total. The highest BCUT2D eigenvalue weighted by molar-refractivity contribution is 14.1. The van der Waals surface area contributed by atoms with E-state index in [1.165, 1.54) is 7.11 Å². The lowest BCUT2D eigenvalue weighted by atomic mass is 9.96. The normalized spacial score (nSPS) is 17.3. The predicted octanol–water partition coefficient (Wildman–Crippen LogP) is 2.25. The molecule has 4 rings (SSSR count). The van der Waals surface area contributed by atoms with E-state index in [9.17, 15) is 14.4 Å². The number of imidazole rings is 1. The average molecular weight is 595 g/mol. The number of hydrazine groups is 1. The Kier molecular flexibility index (Phi) is 7.33. The number of halogens is 1. The monoisotopic (exact) mass is 595 g/mol. The third kappa shape index (κ3) is 5.28. The van der Waals surface area contributed by atoms with Gasteiger partial charge in [0.2, 0.25) is 5.91 Å². The molecule has 3 heterocycles. The highest BCUT2D eigenvalue weighted by atomic mass is 127. The molecule has 2 N–H and O–H groups in total. The molecule has 2 aliphatic rings. The van der Waals surface area contributed by atoms with E-state index in [4.69, 9.17) is 4.74 Å². The number of anilines is 1. The van der Waals surface area contributed by atoms with E-state index in [0.717, 1.165) is 9.26 Å². The summed E-state index contributed by atoms with van der Waals surface area (Å²) in [5, 5.41) is 9.24. The summed E-state index contributed by atoms with van der Waals surface area (Å²) in [7, 11) is 1.52. The van der Waals surface area contributed by atoms with E-state index >= 15 is 0 Å². The molecule has 1 aromatic carbocycles. The minimum Gasteiger partial charge on any atom is -0.376 e. The van der Waals surface area contributed by atoms with E-state index in [2.05, 4.69) is 38.2 Å². The van der Waals surface area contributed by atoms with Crippen LogP contribution in [-0.4, -0.2) is 87.4 Å². The van der Waals surface area contributed by atoms with Crippen molar-refractivity contribution in [1.29, 1.82) is 0 Å². The number of aromatic nitrogens is 2. The highest BCUT2D eigenvalue weighted by Gasteiger charge is 2.41. The summed E-state index contributed by atoms with van der Waals surface area (Å²) in [4.78, 5) is 44.9. The number of nitrogens with one attached hydrogen (secondary N) is 2. The first-order valence-electron chi connectivity index (χ1n) is 11.4. The molecule has 1 saturated heterocycles. The number of aryl methyl sites for hydroxylation is 1. The number of urea groups is 1. The lowest BCUT2D eigenvalue weighted by molar-refractivity contribution is -0.144. The summed E-state index contributed by atoms with van der Waals surface area (Å²) in [6, 6.07) is 5.86. The molecular formula is C23H30IN7O4. The Balaban J connectivity index is 1.38. The molecule has 0 bridgehead atoms. The van der Waals surface area contributed by atoms with Crippen molar-refractivity contribution >= 4 is 46.2 Å². The average Bonchev–Trinajstić information content (AvgIpc) is 3.38. The standard InChI is InChI=1S/C23H30IN7O4/c1-15-25-13-18-14-30(22(34)31(15)18)29-11-9-28(10-12-29)20(32)19(23(2,3)35-4)27-21(33)26-17-7-5-16(24)6-8-17/h5-8,13,19H,9-12,14H2,1-4H3,(H2,26,27,33). The van der Waals surface area contributed by atoms with E-state index in [0.29, 0.717) is 44.2 Å². The van der Waals surface area contributed by atoms with Crippen molar-refractivity contribution in [3.63, 3.8) is 0 Å². The van der Waals surface area contributed by atoms with Crippen molar-refractivity contribution in [3.05, 3.63) is 45.6 Å². The Morgan fingerprint density at radius 2 is 1.80 bits per heavy atom. The van der Waals surface area contributed by atoms with Crippen LogP contribution in [0.4, 0.5) is 15.3 Å². The van der Waals surface area contributed by atoms with Gasteiger partial charge in [-0.3, -0.25) is 9.80 Å². The Labute approximate surface area is 217 Å². The van der Waals surface area contributed by atoms with Crippen LogP contribution in [0, 0.1) is 10.5 Å². The fourth-order valence-electron chi connectivity index (χ4n) is 4.24. The van der Waals surface area contributed by atoms with Gasteiger partial charge in [0.15, 0.2) is 0 Å². The SMILES string of the molecule is COC(C)(C)C(NC(=O)Nc1ccc(I)cc1)C(=O)N1CCN(N2Cc3cnc(C)n3C2=O)CC1. The Morgan fingerprint density at radius 1 is 1.14 bits per heavy atom. The van der Waals surface area contributed by atoms with Crippen LogP contribution in [0.5, 0.6) is 0 Å². The highest BCUT2D eigenvalue weighted by Crippen LogP contribution is 2.23. The van der Waals surface area contributed by atoms with E-state index in [-0.39, 0.29) is 11.9 Å². The predicted molar refractivity (Wildman–Crippen MR) is 138 cm³/mol. The van der Waals surface area contributed by atoms with Gasteiger partial charge in [-0.25, -0.2) is 24.1 Å². The summed E-state index contributed by atoms with van der Waals surface area (Å²) in [6.07, 6.45) is 1.72. The maximum absolute atomic E-state index is 13.5. The van der Waals surface area contributed by atoms with Gasteiger partial charge in [-0.05, 0) is 67.6 Å². The Hall–Kier alpha value is -2.71. The minimum absolute atomic E-state index is 0.123. The van der Waals surface area contributed by atoms with Gasteiger partial charge < -0.3 is 20.3 Å². The van der Waals surface area contributed by atoms with Gasteiger partial charge in [0.05, 0.1) is 24.0 Å². The summed E-state index contributed by atoms with van der Waals surface area (Å²) in [5.41, 5.74) is 0.553. The summed E-state index contributed by atoms with van der Waals surface area (Å²) in [6.45, 7) is 7.66. The zero-order valence-corrected chi connectivity index (χ0v) is 22.4. The number of rotatable bonds is 6. The quantitative estimate of drug-likeness (QED) is 0.496. The molecule has 2 aromatic rings. The number of carbonyl (C=O) groups is 3. The smallest absolute Gasteiger partial charge is 0.344 e. The maximum Gasteiger partial charge on any atom is 0.344 e. The molecule has 1 atom stereocenters. The molecule has 1 aromatic heterocycles. The van der Waals surface area contributed by atoms with E-state index < -0.39 is 17.7 Å². The van der Waals surface area contributed by atoms with E-state index in [1.54, 1.807) is 53.6 Å². The summed E-state index contributed by atoms with van der Waals surface area (Å²) >= 11 is 2.19. The third-order valence-electron chi connectivity index (χ3n) is 6.49. The number of piperazine rings is 1. The molecule has 4 amide bonds. The fraction of sp³-hybridized carbons (Fsp3) is 0.478. The first kappa shape index (κ1) is 25.4. The van der Waals surface area contributed by atoms with Gasteiger partial charge >= 0.3 is 12.1 Å². The second-order valence-corrected chi connectivity index (χ2v) is 10.3. The van der Waals surface area contributed by atoms with E-state index in [1.807, 2.05) is 17.1 Å². The topological polar surface area (TPSA) is 112 Å². The molecule has 188 valence electrons. The van der Waals surface area contributed by atoms with Crippen LogP contribution in [0.2, 0.25) is 0 Å². The minimum atomic E-state index is -0.934. The molecule has 1 fully saturated rings. The van der Waals surface area contributed by atoms with Crippen LogP contribution in [0.3, 0.4) is 0 Å². The molecule has 0 aliphatic carbocycles. The first-order valence-corrected chi connectivity index (χ1v) is 12.5. The van der Waals surface area contributed by atoms with Gasteiger partial charge in [0.25, 0.3) is 0 Å². The van der Waals surface area contributed by atoms with Crippen LogP contribution < -0.4 is 10.6 Å². The molecule has 0 spiro atoms. The Bertz CT molecular complexity index is 1110. The van der Waals surface area contributed by atoms with Crippen LogP contribution in [-0.2, 0) is 16.1 Å². The molecule has 0 saturated carbocycles. The molecule has 35 heavy (non-hydrogen) atoms. The number of fused-ring (bicyclic) bond motifs is 1. The van der Waals surface area contributed by atoms with Crippen molar-refractivity contribution in [2.24, 2.45) is 0 Å². The zero-order valence-electron chi connectivity index (χ0n) is 20.2. The van der Waals surface area contributed by atoms with Gasteiger partial charge in [-0.15, -0.1) is 0 Å². The van der Waals surface area contributed by atoms with Gasteiger partial charge in [-0.1, -0.05) is 0 Å². The number of hydrogen-bond donors (Lipinski definition) is 2.